The minimum absolute atomic E-state index is 0.0783. The number of sulfonamides is 1. The van der Waals surface area contributed by atoms with Crippen molar-refractivity contribution in [2.45, 2.75) is 38.8 Å². The molecule has 2 N–H and O–H groups in total. The summed E-state index contributed by atoms with van der Waals surface area (Å²) >= 11 is 0. The number of carbonyl (C=O) groups excluding carboxylic acids is 1. The third kappa shape index (κ3) is 6.28. The van der Waals surface area contributed by atoms with E-state index in [-0.39, 0.29) is 17.5 Å². The molecule has 0 bridgehead atoms. The summed E-state index contributed by atoms with van der Waals surface area (Å²) in [4.78, 5) is 12.0. The van der Waals surface area contributed by atoms with Crippen molar-refractivity contribution in [1.29, 1.82) is 0 Å². The lowest BCUT2D eigenvalue weighted by atomic mass is 10.1. The maximum absolute atomic E-state index is 13.6. The topological polar surface area (TPSA) is 87.7 Å². The number of alkyl halides is 2. The van der Waals surface area contributed by atoms with Gasteiger partial charge < -0.3 is 15.4 Å². The number of ether oxygens (including phenoxy) is 1. The molecule has 0 unspecified atom stereocenters. The van der Waals surface area contributed by atoms with E-state index < -0.39 is 34.2 Å². The van der Waals surface area contributed by atoms with Crippen molar-refractivity contribution in [2.24, 2.45) is 0 Å². The number of nitrogens with one attached hydrogen (secondary N) is 2. The summed E-state index contributed by atoms with van der Waals surface area (Å²) in [5.74, 6) is -1.54. The molecular weight excluding hydrogens is 387 g/mol. The fourth-order valence-corrected chi connectivity index (χ4v) is 4.33. The van der Waals surface area contributed by atoms with E-state index in [1.165, 1.54) is 10.4 Å². The highest BCUT2D eigenvalue weighted by Gasteiger charge is 2.28. The minimum atomic E-state index is -3.25. The molecule has 1 aromatic rings. The molecule has 152 valence electrons. The molecule has 7 nitrogen and oxygen atoms in total. The molecule has 0 aromatic heterocycles. The molecule has 2 amide bonds. The van der Waals surface area contributed by atoms with Crippen LogP contribution in [0.2, 0.25) is 0 Å². The van der Waals surface area contributed by atoms with Gasteiger partial charge in [-0.2, -0.15) is 8.78 Å². The molecule has 1 saturated heterocycles. The van der Waals surface area contributed by atoms with Gasteiger partial charge in [0.2, 0.25) is 10.0 Å². The summed E-state index contributed by atoms with van der Waals surface area (Å²) in [7, 11) is -3.25. The first-order valence-corrected chi connectivity index (χ1v) is 10.1. The predicted molar refractivity (Wildman–Crippen MR) is 93.9 cm³/mol. The lowest BCUT2D eigenvalue weighted by Gasteiger charge is -2.31. The average Bonchev–Trinajstić information content (AvgIpc) is 2.57. The lowest BCUT2D eigenvalue weighted by Crippen LogP contribution is -2.47. The van der Waals surface area contributed by atoms with Crippen molar-refractivity contribution < 1.29 is 31.1 Å². The second-order valence-corrected chi connectivity index (χ2v) is 8.20. The quantitative estimate of drug-likeness (QED) is 0.725. The van der Waals surface area contributed by atoms with Crippen LogP contribution in [0.25, 0.3) is 0 Å². The lowest BCUT2D eigenvalue weighted by molar-refractivity contribution is -0.0521. The number of piperidine rings is 1. The van der Waals surface area contributed by atoms with Gasteiger partial charge in [-0.25, -0.2) is 21.9 Å². The maximum atomic E-state index is 13.6. The highest BCUT2D eigenvalue weighted by Crippen LogP contribution is 2.23. The van der Waals surface area contributed by atoms with Gasteiger partial charge in [-0.05, 0) is 31.4 Å². The van der Waals surface area contributed by atoms with Crippen LogP contribution in [0.15, 0.2) is 18.2 Å². The first-order valence-electron chi connectivity index (χ1n) is 8.51. The maximum Gasteiger partial charge on any atom is 0.387 e. The molecule has 0 atom stereocenters. The molecule has 1 aliphatic rings. The van der Waals surface area contributed by atoms with Crippen molar-refractivity contribution in [3.05, 3.63) is 24.0 Å². The van der Waals surface area contributed by atoms with E-state index in [1.807, 2.05) is 0 Å². The molecule has 0 spiro atoms. The summed E-state index contributed by atoms with van der Waals surface area (Å²) in [6.45, 7) is -0.706. The zero-order chi connectivity index (χ0) is 20.0. The van der Waals surface area contributed by atoms with Crippen molar-refractivity contribution in [3.8, 4) is 5.75 Å². The van der Waals surface area contributed by atoms with Crippen molar-refractivity contribution in [1.82, 2.24) is 9.62 Å². The van der Waals surface area contributed by atoms with E-state index in [1.54, 1.807) is 6.92 Å². The Morgan fingerprint density at radius 2 is 2.00 bits per heavy atom. The molecule has 1 fully saturated rings. The highest BCUT2D eigenvalue weighted by atomic mass is 32.2. The van der Waals surface area contributed by atoms with E-state index in [2.05, 4.69) is 15.4 Å². The molecule has 11 heteroatoms. The van der Waals surface area contributed by atoms with E-state index in [9.17, 15) is 26.4 Å². The van der Waals surface area contributed by atoms with Gasteiger partial charge in [0.25, 0.3) is 0 Å². The molecule has 2 rings (SSSR count). The second kappa shape index (κ2) is 9.27. The van der Waals surface area contributed by atoms with Crippen LogP contribution < -0.4 is 15.4 Å². The van der Waals surface area contributed by atoms with Crippen LogP contribution in [0.1, 0.15) is 26.2 Å². The van der Waals surface area contributed by atoms with Gasteiger partial charge in [0.15, 0.2) is 11.6 Å². The number of hydrogen-bond acceptors (Lipinski definition) is 4. The van der Waals surface area contributed by atoms with Crippen molar-refractivity contribution in [3.63, 3.8) is 0 Å². The Morgan fingerprint density at radius 3 is 2.56 bits per heavy atom. The Balaban J connectivity index is 1.84. The van der Waals surface area contributed by atoms with Crippen molar-refractivity contribution >= 4 is 21.7 Å². The Hall–Kier alpha value is -2.01. The number of benzene rings is 1. The Kier molecular flexibility index (Phi) is 7.31. The third-order valence-electron chi connectivity index (χ3n) is 4.05. The second-order valence-electron chi connectivity index (χ2n) is 6.11. The number of urea groups is 1. The standard InChI is InChI=1S/C16H22F3N3O4S/c1-2-9-27(24,25)22-7-5-11(6-8-22)20-16(23)21-12-3-4-14(13(17)10-12)26-15(18)19/h3-4,10-11,15H,2,5-9H2,1H3,(H2,20,21,23). The number of anilines is 1. The van der Waals surface area contributed by atoms with Crippen molar-refractivity contribution in [2.75, 3.05) is 24.2 Å². The van der Waals surface area contributed by atoms with Crippen LogP contribution in [-0.2, 0) is 10.0 Å². The molecule has 0 radical (unpaired) electrons. The highest BCUT2D eigenvalue weighted by molar-refractivity contribution is 7.89. The summed E-state index contributed by atoms with van der Waals surface area (Å²) < 4.78 is 67.3. The fraction of sp³-hybridized carbons (Fsp3) is 0.562. The van der Waals surface area contributed by atoms with E-state index >= 15 is 0 Å². The van der Waals surface area contributed by atoms with Gasteiger partial charge >= 0.3 is 12.6 Å². The van der Waals surface area contributed by atoms with Gasteiger partial charge in [-0.3, -0.25) is 0 Å². The first-order chi connectivity index (χ1) is 12.7. The number of halogens is 3. The average molecular weight is 409 g/mol. The van der Waals surface area contributed by atoms with E-state index in [0.717, 1.165) is 12.1 Å². The number of rotatable bonds is 7. The molecule has 1 aliphatic heterocycles. The molecule has 1 aromatic carbocycles. The van der Waals surface area contributed by atoms with Gasteiger partial charge in [0.1, 0.15) is 0 Å². The van der Waals surface area contributed by atoms with Crippen LogP contribution >= 0.6 is 0 Å². The van der Waals surface area contributed by atoms with Gasteiger partial charge in [-0.15, -0.1) is 0 Å². The normalized spacial score (nSPS) is 16.3. The van der Waals surface area contributed by atoms with Gasteiger partial charge in [0.05, 0.1) is 5.75 Å². The summed E-state index contributed by atoms with van der Waals surface area (Å²) in [6, 6.07) is 2.29. The third-order valence-corrected chi connectivity index (χ3v) is 6.13. The van der Waals surface area contributed by atoms with E-state index in [0.29, 0.717) is 32.4 Å². The number of hydrogen-bond donors (Lipinski definition) is 2. The van der Waals surface area contributed by atoms with Gasteiger partial charge in [0, 0.05) is 30.9 Å². The molecule has 0 aliphatic carbocycles. The number of amides is 2. The minimum Gasteiger partial charge on any atom is -0.432 e. The van der Waals surface area contributed by atoms with Crippen LogP contribution in [0.5, 0.6) is 5.75 Å². The van der Waals surface area contributed by atoms with Crippen LogP contribution in [0.3, 0.4) is 0 Å². The SMILES string of the molecule is CCCS(=O)(=O)N1CCC(NC(=O)Nc2ccc(OC(F)F)c(F)c2)CC1. The zero-order valence-corrected chi connectivity index (χ0v) is 15.6. The monoisotopic (exact) mass is 409 g/mol. The smallest absolute Gasteiger partial charge is 0.387 e. The Morgan fingerprint density at radius 1 is 1.33 bits per heavy atom. The largest absolute Gasteiger partial charge is 0.432 e. The number of nitrogens with zero attached hydrogens (tertiary/aromatic N) is 1. The van der Waals surface area contributed by atoms with Crippen LogP contribution in [-0.4, -0.2) is 50.2 Å². The first kappa shape index (κ1) is 21.3. The van der Waals surface area contributed by atoms with E-state index in [4.69, 9.17) is 0 Å². The Labute approximate surface area is 155 Å². The molecular formula is C16H22F3N3O4S. The molecule has 1 heterocycles. The summed E-state index contributed by atoms with van der Waals surface area (Å²) in [5.41, 5.74) is 0.0783. The predicted octanol–water partition coefficient (Wildman–Crippen LogP) is 2.75. The Bertz CT molecular complexity index is 753. The molecule has 0 saturated carbocycles. The number of carbonyl (C=O) groups is 1. The van der Waals surface area contributed by atoms with Crippen LogP contribution in [0.4, 0.5) is 23.7 Å². The summed E-state index contributed by atoms with van der Waals surface area (Å²) in [5, 5.41) is 5.10. The summed E-state index contributed by atoms with van der Waals surface area (Å²) in [6.07, 6.45) is 1.47. The zero-order valence-electron chi connectivity index (χ0n) is 14.8. The van der Waals surface area contributed by atoms with Gasteiger partial charge in [-0.1, -0.05) is 6.92 Å². The fourth-order valence-electron chi connectivity index (χ4n) is 2.79. The van der Waals surface area contributed by atoms with Crippen LogP contribution in [0, 0.1) is 5.82 Å². The molecule has 27 heavy (non-hydrogen) atoms.